The summed E-state index contributed by atoms with van der Waals surface area (Å²) in [4.78, 5) is 0. The van der Waals surface area contributed by atoms with Crippen molar-refractivity contribution in [3.8, 4) is 17.2 Å². The molecular weight excluding hydrogens is 514 g/mol. The van der Waals surface area contributed by atoms with E-state index in [4.69, 9.17) is 46.8 Å². The lowest BCUT2D eigenvalue weighted by Crippen LogP contribution is -2.11. The molecule has 0 radical (unpaired) electrons. The number of nitrogens with zero attached hydrogens (tertiary/aromatic N) is 4. The zero-order valence-corrected chi connectivity index (χ0v) is 21.0. The van der Waals surface area contributed by atoms with E-state index in [0.717, 1.165) is 0 Å². The third-order valence-corrected chi connectivity index (χ3v) is 9.85. The molecule has 1 heterocycles. The first-order chi connectivity index (χ1) is 16.4. The molecule has 34 heavy (non-hydrogen) atoms. The highest BCUT2D eigenvalue weighted by molar-refractivity contribution is 7.67. The van der Waals surface area contributed by atoms with Crippen molar-refractivity contribution in [1.82, 2.24) is 0 Å². The molecule has 0 aromatic heterocycles. The van der Waals surface area contributed by atoms with Crippen molar-refractivity contribution < 1.29 is 13.6 Å². The molecule has 3 aromatic rings. The minimum Gasteiger partial charge on any atom is -0.411 e. The van der Waals surface area contributed by atoms with E-state index < -0.39 is 15.8 Å². The van der Waals surface area contributed by atoms with Crippen LogP contribution in [0.2, 0.25) is 0 Å². The highest BCUT2D eigenvalue weighted by Gasteiger charge is 2.38. The Morgan fingerprint density at radius 1 is 0.676 bits per heavy atom. The molecule has 0 aliphatic carbocycles. The molecule has 16 heteroatoms. The third kappa shape index (κ3) is 5.22. The Labute approximate surface area is 199 Å². The molecule has 0 fully saturated rings. The molecule has 0 bridgehead atoms. The fourth-order valence-electron chi connectivity index (χ4n) is 2.64. The van der Waals surface area contributed by atoms with E-state index >= 15 is 0 Å². The molecule has 2 unspecified atom stereocenters. The topological polar surface area (TPSA) is 207 Å². The number of anilines is 5. The zero-order chi connectivity index (χ0) is 24.1. The van der Waals surface area contributed by atoms with E-state index in [1.165, 1.54) is 0 Å². The number of para-hydroxylation sites is 2. The van der Waals surface area contributed by atoms with Gasteiger partial charge in [0.1, 0.15) is 17.1 Å². The van der Waals surface area contributed by atoms with Crippen LogP contribution in [0, 0.1) is 0 Å². The summed E-state index contributed by atoms with van der Waals surface area (Å²) in [7, 11) is -4.72. The van der Waals surface area contributed by atoms with Crippen LogP contribution in [0.1, 0.15) is 0 Å². The number of nitrogens with two attached hydrogens (primary N) is 5. The fourth-order valence-corrected chi connectivity index (χ4v) is 8.15. The van der Waals surface area contributed by atoms with Gasteiger partial charge in [-0.2, -0.15) is 4.52 Å². The fraction of sp³-hybridized carbons (Fsp3) is 0. The number of hydrogen-bond donors (Lipinski definition) is 5. The Balaban J connectivity index is 1.87. The molecule has 174 valence electrons. The molecule has 3 aromatic carbocycles. The van der Waals surface area contributed by atoms with Gasteiger partial charge in [-0.15, -0.1) is 4.52 Å². The first kappa shape index (κ1) is 23.7. The third-order valence-electron chi connectivity index (χ3n) is 4.30. The summed E-state index contributed by atoms with van der Waals surface area (Å²) in [6, 6.07) is 18.0. The predicted octanol–water partition coefficient (Wildman–Crippen LogP) is 6.68. The van der Waals surface area contributed by atoms with Crippen molar-refractivity contribution in [3.05, 3.63) is 60.7 Å². The standard InChI is InChI=1S/C18H20N9O3P4/c19-13-14(20)16(22)18(17(23)15(13)21)30-34(29-12-9-5-2-6-10-12)26-32-24-31-25-33(27-34)28-11-7-3-1-4-8-11/h1-10H,19-23H2/q+1. The molecule has 10 N–H and O–H groups in total. The summed E-state index contributed by atoms with van der Waals surface area (Å²) < 4.78 is 36.2. The van der Waals surface area contributed by atoms with Crippen molar-refractivity contribution in [2.45, 2.75) is 0 Å². The average molecular weight is 534 g/mol. The van der Waals surface area contributed by atoms with Crippen LogP contribution in [0.5, 0.6) is 17.2 Å². The Kier molecular flexibility index (Phi) is 7.15. The van der Waals surface area contributed by atoms with Gasteiger partial charge in [-0.05, 0) is 24.3 Å². The zero-order valence-electron chi connectivity index (χ0n) is 17.5. The number of rotatable bonds is 6. The number of nitrogen functional groups attached to an aromatic ring is 5. The minimum absolute atomic E-state index is 0.00956. The summed E-state index contributed by atoms with van der Waals surface area (Å²) in [6.45, 7) is 0. The van der Waals surface area contributed by atoms with Crippen molar-refractivity contribution in [3.63, 3.8) is 0 Å². The summed E-state index contributed by atoms with van der Waals surface area (Å²) in [5.41, 5.74) is 30.4. The molecule has 4 rings (SSSR count). The summed E-state index contributed by atoms with van der Waals surface area (Å²) >= 11 is 0. The van der Waals surface area contributed by atoms with E-state index in [9.17, 15) is 0 Å². The first-order valence-electron chi connectivity index (χ1n) is 9.52. The largest absolute Gasteiger partial charge is 0.602 e. The molecule has 1 aliphatic heterocycles. The maximum Gasteiger partial charge on any atom is 0.602 e. The van der Waals surface area contributed by atoms with Crippen LogP contribution >= 0.6 is 32.8 Å². The smallest absolute Gasteiger partial charge is 0.411 e. The van der Waals surface area contributed by atoms with Gasteiger partial charge in [0.15, 0.2) is 20.0 Å². The molecule has 2 atom stereocenters. The Bertz CT molecular complexity index is 1320. The first-order valence-corrected chi connectivity index (χ1v) is 13.8. The van der Waals surface area contributed by atoms with E-state index in [1.807, 2.05) is 24.3 Å². The summed E-state index contributed by atoms with van der Waals surface area (Å²) in [5.74, 6) is 0.969. The summed E-state index contributed by atoms with van der Waals surface area (Å²) in [6.07, 6.45) is 0. The second-order valence-corrected chi connectivity index (χ2v) is 11.8. The van der Waals surface area contributed by atoms with Crippen molar-refractivity contribution >= 4 is 61.2 Å². The average Bonchev–Trinajstić information content (AvgIpc) is 2.84. The highest BCUT2D eigenvalue weighted by Crippen LogP contribution is 2.63. The molecule has 0 saturated carbocycles. The van der Waals surface area contributed by atoms with E-state index in [1.54, 1.807) is 36.4 Å². The normalized spacial score (nSPS) is 19.1. The Morgan fingerprint density at radius 2 is 1.24 bits per heavy atom. The van der Waals surface area contributed by atoms with Crippen LogP contribution in [-0.2, 0) is 0 Å². The molecule has 0 amide bonds. The van der Waals surface area contributed by atoms with Gasteiger partial charge >= 0.3 is 15.8 Å². The number of hydrogen-bond acceptors (Lipinski definition) is 12. The van der Waals surface area contributed by atoms with Gasteiger partial charge < -0.3 is 37.7 Å². The van der Waals surface area contributed by atoms with E-state index in [0.29, 0.717) is 20.0 Å². The van der Waals surface area contributed by atoms with Crippen LogP contribution < -0.4 is 42.2 Å². The maximum absolute atomic E-state index is 6.22. The lowest BCUT2D eigenvalue weighted by Gasteiger charge is -2.21. The van der Waals surface area contributed by atoms with Crippen LogP contribution in [-0.4, -0.2) is 0 Å². The van der Waals surface area contributed by atoms with E-state index in [-0.39, 0.29) is 42.7 Å². The SMILES string of the molecule is Nc1c(N)c(N)c(OP2(Oc3ccccc3)=NP=NP=N[P+](Oc3ccccc3)=N2)c(N)c1N. The molecule has 1 aliphatic rings. The Morgan fingerprint density at radius 3 is 1.85 bits per heavy atom. The lowest BCUT2D eigenvalue weighted by atomic mass is 10.1. The minimum atomic E-state index is -3.57. The van der Waals surface area contributed by atoms with Crippen molar-refractivity contribution in [1.29, 1.82) is 0 Å². The van der Waals surface area contributed by atoms with Gasteiger partial charge in [0.05, 0.1) is 21.6 Å². The van der Waals surface area contributed by atoms with Crippen LogP contribution in [0.25, 0.3) is 0 Å². The quantitative estimate of drug-likeness (QED) is 0.170. The van der Waals surface area contributed by atoms with E-state index in [2.05, 4.69) is 13.5 Å². The van der Waals surface area contributed by atoms with Gasteiger partial charge in [-0.1, -0.05) is 36.4 Å². The molecule has 0 saturated heterocycles. The van der Waals surface area contributed by atoms with Crippen LogP contribution in [0.3, 0.4) is 0 Å². The van der Waals surface area contributed by atoms with Gasteiger partial charge in [0, 0.05) is 4.52 Å². The van der Waals surface area contributed by atoms with Gasteiger partial charge in [-0.3, -0.25) is 0 Å². The van der Waals surface area contributed by atoms with Gasteiger partial charge in [0.2, 0.25) is 8.52 Å². The second kappa shape index (κ2) is 10.2. The van der Waals surface area contributed by atoms with Crippen LogP contribution in [0.4, 0.5) is 28.4 Å². The maximum atomic E-state index is 6.22. The second-order valence-electron chi connectivity index (χ2n) is 6.58. The van der Waals surface area contributed by atoms with Gasteiger partial charge in [0.25, 0.3) is 0 Å². The monoisotopic (exact) mass is 534 g/mol. The summed E-state index contributed by atoms with van der Waals surface area (Å²) in [5, 5.41) is 0. The van der Waals surface area contributed by atoms with Crippen molar-refractivity contribution in [2.75, 3.05) is 28.7 Å². The molecule has 12 nitrogen and oxygen atoms in total. The molecule has 0 spiro atoms. The van der Waals surface area contributed by atoms with Gasteiger partial charge in [-0.25, -0.2) is 4.52 Å². The predicted molar refractivity (Wildman–Crippen MR) is 141 cm³/mol. The van der Waals surface area contributed by atoms with Crippen molar-refractivity contribution in [2.24, 2.45) is 18.1 Å². The Hall–Kier alpha value is -3.41. The highest BCUT2D eigenvalue weighted by atomic mass is 31.2. The number of benzene rings is 3. The van der Waals surface area contributed by atoms with Crippen LogP contribution in [0.15, 0.2) is 78.7 Å². The molecular formula is C18H20N9O3P4+. The lowest BCUT2D eigenvalue weighted by molar-refractivity contribution is 0.480.